The molecule has 1 aromatic carbocycles. The largest absolute Gasteiger partial charge is 0.302 e. The molecule has 1 amide bonds. The van der Waals surface area contributed by atoms with Crippen molar-refractivity contribution in [3.05, 3.63) is 62.5 Å². The van der Waals surface area contributed by atoms with Crippen molar-refractivity contribution in [1.82, 2.24) is 19.6 Å². The van der Waals surface area contributed by atoms with E-state index in [4.69, 9.17) is 34.8 Å². The van der Waals surface area contributed by atoms with Crippen LogP contribution in [0.25, 0.3) is 0 Å². The minimum absolute atomic E-state index is 0.130. The van der Waals surface area contributed by atoms with E-state index in [1.54, 1.807) is 37.0 Å². The molecule has 2 heterocycles. The summed E-state index contributed by atoms with van der Waals surface area (Å²) in [6.45, 7) is 2.27. The molecule has 0 aliphatic heterocycles. The molecule has 0 bridgehead atoms. The molecule has 2 aromatic heterocycles. The molecule has 1 N–H and O–H groups in total. The van der Waals surface area contributed by atoms with Crippen molar-refractivity contribution in [3.8, 4) is 0 Å². The molecule has 130 valence electrons. The van der Waals surface area contributed by atoms with Gasteiger partial charge in [0.1, 0.15) is 5.02 Å². The number of rotatable bonds is 4. The number of hydrogen-bond donors (Lipinski definition) is 1. The minimum atomic E-state index is -0.465. The fourth-order valence-corrected chi connectivity index (χ4v) is 2.80. The predicted molar refractivity (Wildman–Crippen MR) is 98.7 cm³/mol. The number of benzene rings is 1. The molecule has 0 aliphatic rings. The van der Waals surface area contributed by atoms with Gasteiger partial charge in [-0.05, 0) is 24.6 Å². The monoisotopic (exact) mass is 397 g/mol. The lowest BCUT2D eigenvalue weighted by Crippen LogP contribution is -2.14. The molecule has 25 heavy (non-hydrogen) atoms. The third-order valence-electron chi connectivity index (χ3n) is 3.68. The normalized spacial score (nSPS) is 10.9. The van der Waals surface area contributed by atoms with Gasteiger partial charge in [0.2, 0.25) is 0 Å². The highest BCUT2D eigenvalue weighted by molar-refractivity contribution is 6.35. The number of amides is 1. The van der Waals surface area contributed by atoms with E-state index in [0.717, 1.165) is 5.56 Å². The van der Waals surface area contributed by atoms with Gasteiger partial charge in [0.05, 0.1) is 17.3 Å². The fourth-order valence-electron chi connectivity index (χ4n) is 2.23. The van der Waals surface area contributed by atoms with Crippen molar-refractivity contribution < 1.29 is 4.79 Å². The molecular formula is C16H14Cl3N5O. The average Bonchev–Trinajstić information content (AvgIpc) is 3.04. The van der Waals surface area contributed by atoms with E-state index in [-0.39, 0.29) is 11.5 Å². The molecule has 0 aliphatic carbocycles. The van der Waals surface area contributed by atoms with E-state index in [1.165, 1.54) is 4.68 Å². The van der Waals surface area contributed by atoms with Crippen LogP contribution in [0.4, 0.5) is 5.82 Å². The molecule has 9 heteroatoms. The van der Waals surface area contributed by atoms with Gasteiger partial charge in [0.15, 0.2) is 11.5 Å². The first-order chi connectivity index (χ1) is 11.8. The second-order valence-corrected chi connectivity index (χ2v) is 6.70. The number of anilines is 1. The van der Waals surface area contributed by atoms with Crippen molar-refractivity contribution in [1.29, 1.82) is 0 Å². The Hall–Kier alpha value is -2.02. The molecule has 3 rings (SSSR count). The molecule has 0 saturated carbocycles. The summed E-state index contributed by atoms with van der Waals surface area (Å²) in [5.41, 5.74) is 1.83. The molecule has 0 fully saturated rings. The first kappa shape index (κ1) is 17.8. The Balaban J connectivity index is 1.77. The third kappa shape index (κ3) is 3.81. The lowest BCUT2D eigenvalue weighted by Gasteiger charge is -2.02. The van der Waals surface area contributed by atoms with Crippen molar-refractivity contribution in [2.24, 2.45) is 7.05 Å². The van der Waals surface area contributed by atoms with Gasteiger partial charge in [0, 0.05) is 18.3 Å². The Labute approximate surface area is 159 Å². The topological polar surface area (TPSA) is 64.7 Å². The van der Waals surface area contributed by atoms with Crippen LogP contribution in [0.3, 0.4) is 0 Å². The maximum absolute atomic E-state index is 12.4. The smallest absolute Gasteiger partial charge is 0.278 e. The van der Waals surface area contributed by atoms with Crippen LogP contribution in [0.5, 0.6) is 0 Å². The van der Waals surface area contributed by atoms with Gasteiger partial charge in [-0.1, -0.05) is 46.9 Å². The zero-order valence-electron chi connectivity index (χ0n) is 13.4. The summed E-state index contributed by atoms with van der Waals surface area (Å²) in [6.07, 6.45) is 1.64. The SMILES string of the molecule is Cc1c(Cl)c(C(=O)Nc2nn(Cc3ccc(Cl)cc3)cc2Cl)nn1C. The highest BCUT2D eigenvalue weighted by Crippen LogP contribution is 2.24. The maximum Gasteiger partial charge on any atom is 0.278 e. The number of carbonyl (C=O) groups excluding carboxylic acids is 1. The summed E-state index contributed by atoms with van der Waals surface area (Å²) in [5.74, 6) is -0.215. The molecular weight excluding hydrogens is 385 g/mol. The standard InChI is InChI=1S/C16H14Cl3N5O/c1-9-13(19)14(21-23(9)2)16(25)20-15-12(18)8-24(22-15)7-10-3-5-11(17)6-4-10/h3-6,8H,7H2,1-2H3,(H,20,22,25). The van der Waals surface area contributed by atoms with Gasteiger partial charge in [-0.15, -0.1) is 0 Å². The third-order valence-corrected chi connectivity index (χ3v) is 4.66. The second-order valence-electron chi connectivity index (χ2n) is 5.48. The Kier molecular flexibility index (Phi) is 5.03. The summed E-state index contributed by atoms with van der Waals surface area (Å²) in [4.78, 5) is 12.4. The summed E-state index contributed by atoms with van der Waals surface area (Å²) < 4.78 is 3.17. The number of nitrogens with zero attached hydrogens (tertiary/aromatic N) is 4. The number of aryl methyl sites for hydroxylation is 1. The number of nitrogens with one attached hydrogen (secondary N) is 1. The Morgan fingerprint density at radius 3 is 2.44 bits per heavy atom. The zero-order valence-corrected chi connectivity index (χ0v) is 15.7. The molecule has 0 atom stereocenters. The van der Waals surface area contributed by atoms with E-state index >= 15 is 0 Å². The van der Waals surface area contributed by atoms with Crippen LogP contribution in [0.15, 0.2) is 30.5 Å². The summed E-state index contributed by atoms with van der Waals surface area (Å²) in [6, 6.07) is 7.39. The van der Waals surface area contributed by atoms with Gasteiger partial charge in [-0.2, -0.15) is 10.2 Å². The van der Waals surface area contributed by atoms with Crippen LogP contribution in [-0.4, -0.2) is 25.5 Å². The second kappa shape index (κ2) is 7.07. The summed E-state index contributed by atoms with van der Waals surface area (Å²) in [7, 11) is 1.71. The highest BCUT2D eigenvalue weighted by atomic mass is 35.5. The van der Waals surface area contributed by atoms with Crippen LogP contribution in [0.1, 0.15) is 21.7 Å². The van der Waals surface area contributed by atoms with Crippen LogP contribution in [0, 0.1) is 6.92 Å². The van der Waals surface area contributed by atoms with Crippen LogP contribution < -0.4 is 5.32 Å². The van der Waals surface area contributed by atoms with E-state index in [9.17, 15) is 4.79 Å². The van der Waals surface area contributed by atoms with Gasteiger partial charge < -0.3 is 5.32 Å². The fraction of sp³-hybridized carbons (Fsp3) is 0.188. The first-order valence-corrected chi connectivity index (χ1v) is 8.46. The Morgan fingerprint density at radius 2 is 1.84 bits per heavy atom. The van der Waals surface area contributed by atoms with Crippen molar-refractivity contribution in [2.45, 2.75) is 13.5 Å². The molecule has 6 nitrogen and oxygen atoms in total. The van der Waals surface area contributed by atoms with Crippen LogP contribution in [0.2, 0.25) is 15.1 Å². The molecule has 0 radical (unpaired) electrons. The van der Waals surface area contributed by atoms with Crippen LogP contribution >= 0.6 is 34.8 Å². The van der Waals surface area contributed by atoms with E-state index in [2.05, 4.69) is 15.5 Å². The van der Waals surface area contributed by atoms with Crippen molar-refractivity contribution in [2.75, 3.05) is 5.32 Å². The zero-order chi connectivity index (χ0) is 18.1. The summed E-state index contributed by atoms with van der Waals surface area (Å²) >= 11 is 18.2. The van der Waals surface area contributed by atoms with Crippen LogP contribution in [-0.2, 0) is 13.6 Å². The van der Waals surface area contributed by atoms with Gasteiger partial charge in [0.25, 0.3) is 5.91 Å². The number of hydrogen-bond acceptors (Lipinski definition) is 3. The lowest BCUT2D eigenvalue weighted by molar-refractivity contribution is 0.102. The lowest BCUT2D eigenvalue weighted by atomic mass is 10.2. The Bertz CT molecular complexity index is 930. The minimum Gasteiger partial charge on any atom is -0.302 e. The maximum atomic E-state index is 12.4. The molecule has 0 saturated heterocycles. The summed E-state index contributed by atoms with van der Waals surface area (Å²) in [5, 5.41) is 12.3. The number of halogens is 3. The number of aromatic nitrogens is 4. The van der Waals surface area contributed by atoms with Crippen molar-refractivity contribution in [3.63, 3.8) is 0 Å². The molecule has 0 unspecified atom stereocenters. The van der Waals surface area contributed by atoms with Gasteiger partial charge >= 0.3 is 0 Å². The van der Waals surface area contributed by atoms with Gasteiger partial charge in [-0.25, -0.2) is 0 Å². The van der Waals surface area contributed by atoms with E-state index < -0.39 is 5.91 Å². The van der Waals surface area contributed by atoms with Gasteiger partial charge in [-0.3, -0.25) is 14.2 Å². The predicted octanol–water partition coefficient (Wildman–Crippen LogP) is 4.19. The number of carbonyl (C=O) groups is 1. The molecule has 3 aromatic rings. The highest BCUT2D eigenvalue weighted by Gasteiger charge is 2.20. The van der Waals surface area contributed by atoms with E-state index in [0.29, 0.717) is 27.3 Å². The quantitative estimate of drug-likeness (QED) is 0.717. The average molecular weight is 399 g/mol. The first-order valence-electron chi connectivity index (χ1n) is 7.33. The van der Waals surface area contributed by atoms with Crippen molar-refractivity contribution >= 4 is 46.5 Å². The Morgan fingerprint density at radius 1 is 1.16 bits per heavy atom. The molecule has 0 spiro atoms. The van der Waals surface area contributed by atoms with E-state index in [1.807, 2.05) is 12.1 Å².